The molecule has 0 fully saturated rings. The normalized spacial score (nSPS) is 12.2. The number of aromatic nitrogens is 2. The molecule has 0 radical (unpaired) electrons. The summed E-state index contributed by atoms with van der Waals surface area (Å²) in [6.07, 6.45) is 0. The van der Waals surface area contributed by atoms with Gasteiger partial charge in [-0.05, 0) is 42.3 Å². The standard InChI is InChI=1S/C20H23N3O3S/c1-12(2)18(19(24)21-13-5-7-14(25-3)8-6-13)27-20-22-16-10-9-15(26-4)11-17(16)23-20/h5-12,18H,1-4H3,(H,21,24)(H,22,23). The van der Waals surface area contributed by atoms with Crippen molar-refractivity contribution in [3.8, 4) is 11.5 Å². The van der Waals surface area contributed by atoms with E-state index in [0.717, 1.165) is 28.2 Å². The lowest BCUT2D eigenvalue weighted by atomic mass is 10.1. The highest BCUT2D eigenvalue weighted by atomic mass is 32.2. The molecule has 0 saturated carbocycles. The van der Waals surface area contributed by atoms with Crippen LogP contribution in [-0.4, -0.2) is 35.3 Å². The van der Waals surface area contributed by atoms with Crippen molar-refractivity contribution in [3.63, 3.8) is 0 Å². The second-order valence-corrected chi connectivity index (χ2v) is 7.56. The first-order chi connectivity index (χ1) is 13.0. The average Bonchev–Trinajstić information content (AvgIpc) is 3.08. The molecule has 1 heterocycles. The smallest absolute Gasteiger partial charge is 0.238 e. The molecule has 0 aliphatic rings. The number of methoxy groups -OCH3 is 2. The van der Waals surface area contributed by atoms with Crippen LogP contribution in [-0.2, 0) is 4.79 Å². The number of carbonyl (C=O) groups is 1. The molecule has 1 aromatic heterocycles. The van der Waals surface area contributed by atoms with Crippen LogP contribution < -0.4 is 14.8 Å². The molecule has 0 aliphatic heterocycles. The summed E-state index contributed by atoms with van der Waals surface area (Å²) < 4.78 is 10.4. The Hall–Kier alpha value is -2.67. The van der Waals surface area contributed by atoms with E-state index in [-0.39, 0.29) is 17.1 Å². The molecule has 2 N–H and O–H groups in total. The minimum Gasteiger partial charge on any atom is -0.497 e. The second-order valence-electron chi connectivity index (χ2n) is 6.43. The lowest BCUT2D eigenvalue weighted by Crippen LogP contribution is -2.29. The van der Waals surface area contributed by atoms with Gasteiger partial charge in [0.1, 0.15) is 11.5 Å². The van der Waals surface area contributed by atoms with Crippen LogP contribution in [0.5, 0.6) is 11.5 Å². The maximum atomic E-state index is 12.8. The van der Waals surface area contributed by atoms with Crippen molar-refractivity contribution in [2.24, 2.45) is 5.92 Å². The first-order valence-electron chi connectivity index (χ1n) is 8.65. The van der Waals surface area contributed by atoms with Gasteiger partial charge in [-0.1, -0.05) is 25.6 Å². The zero-order chi connectivity index (χ0) is 19.4. The van der Waals surface area contributed by atoms with Crippen LogP contribution >= 0.6 is 11.8 Å². The van der Waals surface area contributed by atoms with Crippen molar-refractivity contribution < 1.29 is 14.3 Å². The van der Waals surface area contributed by atoms with Crippen LogP contribution in [0.2, 0.25) is 0 Å². The summed E-state index contributed by atoms with van der Waals surface area (Å²) >= 11 is 1.43. The van der Waals surface area contributed by atoms with Gasteiger partial charge in [-0.15, -0.1) is 0 Å². The predicted octanol–water partition coefficient (Wildman–Crippen LogP) is 4.34. The van der Waals surface area contributed by atoms with E-state index >= 15 is 0 Å². The summed E-state index contributed by atoms with van der Waals surface area (Å²) in [6.45, 7) is 4.05. The first kappa shape index (κ1) is 19.1. The number of rotatable bonds is 7. The van der Waals surface area contributed by atoms with E-state index in [9.17, 15) is 4.79 Å². The maximum Gasteiger partial charge on any atom is 0.238 e. The fourth-order valence-corrected chi connectivity index (χ4v) is 3.65. The van der Waals surface area contributed by atoms with Gasteiger partial charge >= 0.3 is 0 Å². The number of aromatic amines is 1. The first-order valence-corrected chi connectivity index (χ1v) is 9.53. The van der Waals surface area contributed by atoms with Gasteiger partial charge in [0.15, 0.2) is 5.16 Å². The molecule has 0 spiro atoms. The Balaban J connectivity index is 1.75. The second kappa shape index (κ2) is 8.35. The summed E-state index contributed by atoms with van der Waals surface area (Å²) in [7, 11) is 3.24. The molecule has 2 aromatic carbocycles. The predicted molar refractivity (Wildman–Crippen MR) is 109 cm³/mol. The molecule has 7 heteroatoms. The van der Waals surface area contributed by atoms with Crippen LogP contribution in [0.1, 0.15) is 13.8 Å². The largest absolute Gasteiger partial charge is 0.497 e. The van der Waals surface area contributed by atoms with Crippen molar-refractivity contribution >= 4 is 34.4 Å². The minimum atomic E-state index is -0.283. The van der Waals surface area contributed by atoms with Crippen LogP contribution in [0.25, 0.3) is 11.0 Å². The lowest BCUT2D eigenvalue weighted by molar-refractivity contribution is -0.116. The van der Waals surface area contributed by atoms with Crippen LogP contribution in [0.4, 0.5) is 5.69 Å². The SMILES string of the molecule is COc1ccc(NC(=O)C(Sc2nc3ccc(OC)cc3[nH]2)C(C)C)cc1. The van der Waals surface area contributed by atoms with Gasteiger partial charge in [0, 0.05) is 11.8 Å². The summed E-state index contributed by atoms with van der Waals surface area (Å²) in [4.78, 5) is 20.6. The van der Waals surface area contributed by atoms with E-state index in [1.54, 1.807) is 14.2 Å². The van der Waals surface area contributed by atoms with Crippen molar-refractivity contribution in [1.29, 1.82) is 0 Å². The van der Waals surface area contributed by atoms with Crippen LogP contribution in [0.15, 0.2) is 47.6 Å². The summed E-state index contributed by atoms with van der Waals surface area (Å²) in [5, 5.41) is 3.40. The zero-order valence-electron chi connectivity index (χ0n) is 15.8. The molecule has 3 rings (SSSR count). The van der Waals surface area contributed by atoms with Crippen molar-refractivity contribution in [2.75, 3.05) is 19.5 Å². The summed E-state index contributed by atoms with van der Waals surface area (Å²) in [5.41, 5.74) is 2.47. The molecule has 0 aliphatic carbocycles. The zero-order valence-corrected chi connectivity index (χ0v) is 16.6. The number of amides is 1. The third kappa shape index (κ3) is 4.54. The Morgan fingerprint density at radius 2 is 1.74 bits per heavy atom. The third-order valence-electron chi connectivity index (χ3n) is 4.13. The van der Waals surface area contributed by atoms with Gasteiger partial charge < -0.3 is 19.8 Å². The van der Waals surface area contributed by atoms with Gasteiger partial charge in [0.05, 0.1) is 30.5 Å². The number of H-pyrrole nitrogens is 1. The number of carbonyl (C=O) groups excluding carboxylic acids is 1. The summed E-state index contributed by atoms with van der Waals surface area (Å²) in [6, 6.07) is 13.0. The van der Waals surface area contributed by atoms with Gasteiger partial charge in [0.2, 0.25) is 5.91 Å². The molecule has 3 aromatic rings. The number of ether oxygens (including phenoxy) is 2. The Kier molecular flexibility index (Phi) is 5.91. The van der Waals surface area contributed by atoms with Crippen molar-refractivity contribution in [2.45, 2.75) is 24.3 Å². The highest BCUT2D eigenvalue weighted by molar-refractivity contribution is 8.00. The van der Waals surface area contributed by atoms with E-state index in [1.807, 2.05) is 56.3 Å². The van der Waals surface area contributed by atoms with E-state index in [0.29, 0.717) is 5.16 Å². The molecule has 1 amide bonds. The lowest BCUT2D eigenvalue weighted by Gasteiger charge is -2.18. The third-order valence-corrected chi connectivity index (χ3v) is 5.56. The molecule has 142 valence electrons. The van der Waals surface area contributed by atoms with E-state index in [4.69, 9.17) is 9.47 Å². The number of nitrogens with one attached hydrogen (secondary N) is 2. The molecule has 27 heavy (non-hydrogen) atoms. The molecule has 6 nitrogen and oxygen atoms in total. The molecule has 1 unspecified atom stereocenters. The van der Waals surface area contributed by atoms with Crippen LogP contribution in [0.3, 0.4) is 0 Å². The molecular weight excluding hydrogens is 362 g/mol. The highest BCUT2D eigenvalue weighted by Gasteiger charge is 2.25. The van der Waals surface area contributed by atoms with Crippen molar-refractivity contribution in [1.82, 2.24) is 9.97 Å². The van der Waals surface area contributed by atoms with Gasteiger partial charge in [-0.2, -0.15) is 0 Å². The summed E-state index contributed by atoms with van der Waals surface area (Å²) in [5.74, 6) is 1.59. The number of hydrogen-bond acceptors (Lipinski definition) is 5. The Morgan fingerprint density at radius 1 is 1.07 bits per heavy atom. The number of thioether (sulfide) groups is 1. The number of benzene rings is 2. The fourth-order valence-electron chi connectivity index (χ4n) is 2.65. The van der Waals surface area contributed by atoms with Gasteiger partial charge in [0.25, 0.3) is 0 Å². The van der Waals surface area contributed by atoms with E-state index < -0.39 is 0 Å². The van der Waals surface area contributed by atoms with Gasteiger partial charge in [-0.25, -0.2) is 4.98 Å². The molecule has 0 saturated heterocycles. The minimum absolute atomic E-state index is 0.0572. The average molecular weight is 385 g/mol. The van der Waals surface area contributed by atoms with E-state index in [1.165, 1.54) is 11.8 Å². The molecule has 0 bridgehead atoms. The maximum absolute atomic E-state index is 12.8. The number of fused-ring (bicyclic) bond motifs is 1. The quantitative estimate of drug-likeness (QED) is 0.592. The molecule has 1 atom stereocenters. The number of anilines is 1. The molecular formula is C20H23N3O3S. The topological polar surface area (TPSA) is 76.2 Å². The Bertz CT molecular complexity index is 922. The highest BCUT2D eigenvalue weighted by Crippen LogP contribution is 2.30. The monoisotopic (exact) mass is 385 g/mol. The van der Waals surface area contributed by atoms with Gasteiger partial charge in [-0.3, -0.25) is 4.79 Å². The number of hydrogen-bond donors (Lipinski definition) is 2. The van der Waals surface area contributed by atoms with Crippen molar-refractivity contribution in [3.05, 3.63) is 42.5 Å². The Morgan fingerprint density at radius 3 is 2.37 bits per heavy atom. The Labute approximate surface area is 162 Å². The van der Waals surface area contributed by atoms with Crippen LogP contribution in [0, 0.1) is 5.92 Å². The fraction of sp³-hybridized carbons (Fsp3) is 0.300. The number of nitrogens with zero attached hydrogens (tertiary/aromatic N) is 1. The van der Waals surface area contributed by atoms with E-state index in [2.05, 4.69) is 15.3 Å². The number of imidazole rings is 1.